The zero-order valence-electron chi connectivity index (χ0n) is 24.2. The van der Waals surface area contributed by atoms with Gasteiger partial charge in [-0.2, -0.15) is 0 Å². The molecule has 0 aliphatic heterocycles. The third-order valence-electron chi connectivity index (χ3n) is 7.74. The highest BCUT2D eigenvalue weighted by Gasteiger charge is 2.35. The van der Waals surface area contributed by atoms with E-state index < -0.39 is 28.5 Å². The van der Waals surface area contributed by atoms with Crippen LogP contribution in [0.2, 0.25) is 15.1 Å². The zero-order chi connectivity index (χ0) is 31.1. The smallest absolute Gasteiger partial charge is 0.264 e. The van der Waals surface area contributed by atoms with Crippen molar-refractivity contribution in [1.82, 2.24) is 10.2 Å². The van der Waals surface area contributed by atoms with Crippen molar-refractivity contribution in [2.45, 2.75) is 75.9 Å². The predicted octanol–water partition coefficient (Wildman–Crippen LogP) is 7.41. The van der Waals surface area contributed by atoms with Crippen LogP contribution in [0.15, 0.2) is 71.6 Å². The van der Waals surface area contributed by atoms with Gasteiger partial charge in [0.25, 0.3) is 10.0 Å². The van der Waals surface area contributed by atoms with E-state index in [-0.39, 0.29) is 34.1 Å². The number of amides is 2. The van der Waals surface area contributed by atoms with Gasteiger partial charge in [-0.05, 0) is 62.6 Å². The summed E-state index contributed by atoms with van der Waals surface area (Å²) in [4.78, 5) is 29.4. The Balaban J connectivity index is 1.75. The molecule has 4 rings (SSSR count). The van der Waals surface area contributed by atoms with Gasteiger partial charge in [0, 0.05) is 28.2 Å². The Hall–Kier alpha value is -2.78. The van der Waals surface area contributed by atoms with Gasteiger partial charge < -0.3 is 10.2 Å². The van der Waals surface area contributed by atoms with Crippen LogP contribution in [0.25, 0.3) is 0 Å². The Morgan fingerprint density at radius 1 is 0.884 bits per heavy atom. The average Bonchev–Trinajstić information content (AvgIpc) is 2.98. The molecule has 0 heterocycles. The number of hydrogen-bond acceptors (Lipinski definition) is 4. The summed E-state index contributed by atoms with van der Waals surface area (Å²) in [5.74, 6) is -0.895. The van der Waals surface area contributed by atoms with E-state index in [1.54, 1.807) is 54.6 Å². The van der Waals surface area contributed by atoms with E-state index in [1.807, 2.05) is 13.8 Å². The van der Waals surface area contributed by atoms with Crippen molar-refractivity contribution in [1.29, 1.82) is 0 Å². The summed E-state index contributed by atoms with van der Waals surface area (Å²) in [6.45, 7) is 2.98. The van der Waals surface area contributed by atoms with Gasteiger partial charge in [0.05, 0.1) is 15.6 Å². The van der Waals surface area contributed by atoms with E-state index in [2.05, 4.69) is 5.32 Å². The molecule has 230 valence electrons. The van der Waals surface area contributed by atoms with Crippen molar-refractivity contribution in [2.75, 3.05) is 10.8 Å². The van der Waals surface area contributed by atoms with E-state index in [9.17, 15) is 18.0 Å². The SMILES string of the molecule is CCC(C(=O)NC1CCCCC1)N(Cc1c(Cl)cccc1Cl)C(=O)CN(c1ccccc1Cl)S(=O)(=O)c1ccc(C)cc1. The number of anilines is 1. The zero-order valence-corrected chi connectivity index (χ0v) is 27.3. The summed E-state index contributed by atoms with van der Waals surface area (Å²) in [7, 11) is -4.24. The molecule has 1 fully saturated rings. The molecule has 1 N–H and O–H groups in total. The van der Waals surface area contributed by atoms with Crippen molar-refractivity contribution in [3.63, 3.8) is 0 Å². The number of nitrogens with one attached hydrogen (secondary N) is 1. The Morgan fingerprint density at radius 3 is 2.09 bits per heavy atom. The molecule has 1 atom stereocenters. The Bertz CT molecular complexity index is 1520. The summed E-state index contributed by atoms with van der Waals surface area (Å²) in [5.41, 5.74) is 1.50. The first-order valence-corrected chi connectivity index (χ1v) is 17.0. The van der Waals surface area contributed by atoms with Crippen LogP contribution in [0.1, 0.15) is 56.6 Å². The molecule has 0 bridgehead atoms. The van der Waals surface area contributed by atoms with Gasteiger partial charge in [-0.25, -0.2) is 8.42 Å². The number of carbonyl (C=O) groups is 2. The fourth-order valence-corrected chi connectivity index (χ4v) is 7.56. The molecule has 3 aromatic rings. The van der Waals surface area contributed by atoms with Gasteiger partial charge in [-0.1, -0.05) is 96.9 Å². The largest absolute Gasteiger partial charge is 0.352 e. The quantitative estimate of drug-likeness (QED) is 0.231. The van der Waals surface area contributed by atoms with Gasteiger partial charge in [-0.15, -0.1) is 0 Å². The van der Waals surface area contributed by atoms with Crippen LogP contribution in [0, 0.1) is 6.92 Å². The molecule has 7 nitrogen and oxygen atoms in total. The summed E-state index contributed by atoms with van der Waals surface area (Å²) in [6.07, 6.45) is 5.24. The molecule has 1 unspecified atom stereocenters. The summed E-state index contributed by atoms with van der Waals surface area (Å²) in [5, 5.41) is 3.96. The first kappa shape index (κ1) is 33.1. The van der Waals surface area contributed by atoms with Crippen LogP contribution in [-0.2, 0) is 26.2 Å². The topological polar surface area (TPSA) is 86.8 Å². The van der Waals surface area contributed by atoms with Gasteiger partial charge in [0.2, 0.25) is 11.8 Å². The molecule has 0 saturated heterocycles. The van der Waals surface area contributed by atoms with Crippen LogP contribution >= 0.6 is 34.8 Å². The third-order valence-corrected chi connectivity index (χ3v) is 10.5. The van der Waals surface area contributed by atoms with Crippen molar-refractivity contribution >= 4 is 62.3 Å². The lowest BCUT2D eigenvalue weighted by Crippen LogP contribution is -2.54. The van der Waals surface area contributed by atoms with Gasteiger partial charge in [-0.3, -0.25) is 13.9 Å². The minimum Gasteiger partial charge on any atom is -0.352 e. The van der Waals surface area contributed by atoms with Crippen molar-refractivity contribution < 1.29 is 18.0 Å². The standard InChI is InChI=1S/C32H36Cl3N3O4S/c1-3-29(32(40)36-23-10-5-4-6-11-23)37(20-25-26(33)13-9-14-27(25)34)31(39)21-38(30-15-8-7-12-28(30)35)43(41,42)24-18-16-22(2)17-19-24/h7-9,12-19,23,29H,3-6,10-11,20-21H2,1-2H3,(H,36,40). The molecular formula is C32H36Cl3N3O4S. The highest BCUT2D eigenvalue weighted by Crippen LogP contribution is 2.32. The monoisotopic (exact) mass is 663 g/mol. The second kappa shape index (κ2) is 14.8. The molecule has 0 radical (unpaired) electrons. The maximum absolute atomic E-state index is 14.3. The van der Waals surface area contributed by atoms with E-state index in [1.165, 1.54) is 17.0 Å². The highest BCUT2D eigenvalue weighted by atomic mass is 35.5. The molecule has 1 saturated carbocycles. The lowest BCUT2D eigenvalue weighted by molar-refractivity contribution is -0.140. The summed E-state index contributed by atoms with van der Waals surface area (Å²) in [6, 6.07) is 16.9. The van der Waals surface area contributed by atoms with Crippen LogP contribution in [-0.4, -0.2) is 43.8 Å². The molecule has 2 amide bonds. The minimum absolute atomic E-state index is 0.00796. The fraction of sp³-hybridized carbons (Fsp3) is 0.375. The Morgan fingerprint density at radius 2 is 1.49 bits per heavy atom. The predicted molar refractivity (Wildman–Crippen MR) is 173 cm³/mol. The number of para-hydroxylation sites is 1. The number of benzene rings is 3. The molecule has 0 spiro atoms. The molecular weight excluding hydrogens is 629 g/mol. The number of carbonyl (C=O) groups excluding carboxylic acids is 2. The first-order valence-electron chi connectivity index (χ1n) is 14.4. The molecule has 11 heteroatoms. The first-order chi connectivity index (χ1) is 20.5. The maximum atomic E-state index is 14.3. The Labute approximate surface area is 269 Å². The average molecular weight is 665 g/mol. The number of halogens is 3. The molecule has 1 aliphatic rings. The summed E-state index contributed by atoms with van der Waals surface area (Å²) >= 11 is 19.5. The number of hydrogen-bond donors (Lipinski definition) is 1. The number of rotatable bonds is 11. The molecule has 1 aliphatic carbocycles. The normalized spacial score (nSPS) is 14.6. The molecule has 43 heavy (non-hydrogen) atoms. The highest BCUT2D eigenvalue weighted by molar-refractivity contribution is 7.92. The van der Waals surface area contributed by atoms with E-state index in [0.717, 1.165) is 42.0 Å². The van der Waals surface area contributed by atoms with E-state index in [4.69, 9.17) is 34.8 Å². The second-order valence-electron chi connectivity index (χ2n) is 10.8. The van der Waals surface area contributed by atoms with Crippen LogP contribution < -0.4 is 9.62 Å². The van der Waals surface area contributed by atoms with Crippen LogP contribution in [0.3, 0.4) is 0 Å². The van der Waals surface area contributed by atoms with Gasteiger partial charge in [0.1, 0.15) is 12.6 Å². The second-order valence-corrected chi connectivity index (χ2v) is 13.8. The lowest BCUT2D eigenvalue weighted by atomic mass is 9.95. The van der Waals surface area contributed by atoms with Crippen molar-refractivity contribution in [2.24, 2.45) is 0 Å². The fourth-order valence-electron chi connectivity index (χ4n) is 5.32. The van der Waals surface area contributed by atoms with Crippen LogP contribution in [0.5, 0.6) is 0 Å². The van der Waals surface area contributed by atoms with E-state index in [0.29, 0.717) is 22.0 Å². The van der Waals surface area contributed by atoms with Crippen LogP contribution in [0.4, 0.5) is 5.69 Å². The lowest BCUT2D eigenvalue weighted by Gasteiger charge is -2.35. The van der Waals surface area contributed by atoms with E-state index >= 15 is 0 Å². The minimum atomic E-state index is -4.24. The Kier molecular flexibility index (Phi) is 11.4. The third kappa shape index (κ3) is 8.04. The molecule has 0 aromatic heterocycles. The maximum Gasteiger partial charge on any atom is 0.264 e. The van der Waals surface area contributed by atoms with Crippen molar-refractivity contribution in [3.05, 3.63) is 92.9 Å². The number of aryl methyl sites for hydroxylation is 1. The summed E-state index contributed by atoms with van der Waals surface area (Å²) < 4.78 is 29.1. The van der Waals surface area contributed by atoms with Crippen molar-refractivity contribution in [3.8, 4) is 0 Å². The van der Waals surface area contributed by atoms with Gasteiger partial charge in [0.15, 0.2) is 0 Å². The van der Waals surface area contributed by atoms with Gasteiger partial charge >= 0.3 is 0 Å². The number of nitrogens with zero attached hydrogens (tertiary/aromatic N) is 2. The number of sulfonamides is 1. The molecule has 3 aromatic carbocycles.